The Labute approximate surface area is 275 Å². The van der Waals surface area contributed by atoms with Crippen LogP contribution in [0.1, 0.15) is 50.4 Å². The summed E-state index contributed by atoms with van der Waals surface area (Å²) in [4.78, 5) is 30.4. The Morgan fingerprint density at radius 2 is 1.87 bits per heavy atom. The van der Waals surface area contributed by atoms with Crippen LogP contribution in [0.3, 0.4) is 0 Å². The number of nitrogens with zero attached hydrogens (tertiary/aromatic N) is 2. The molecular formula is C33H44N4O7S2. The molecule has 46 heavy (non-hydrogen) atoms. The molecule has 2 heterocycles. The molecule has 1 aliphatic rings. The molecule has 0 aliphatic carbocycles. The summed E-state index contributed by atoms with van der Waals surface area (Å²) in [6.45, 7) is 6.29. The number of fused-ring (bicyclic) bond motifs is 1. The number of amides is 3. The average Bonchev–Trinajstić information content (AvgIpc) is 3.59. The van der Waals surface area contributed by atoms with E-state index in [2.05, 4.69) is 10.0 Å². The SMILES string of the molecule is C[C@@H]1CCCCO[C@H](CN(C)C(=O)Nc2ccccc2)[C@@H](C)CN([C@@H](C)CO)C(=O)c2cc(NS(=O)(=O)c3cccs3)ccc2O1. The first-order valence-corrected chi connectivity index (χ1v) is 17.8. The maximum atomic E-state index is 14.3. The number of anilines is 2. The first-order chi connectivity index (χ1) is 22.0. The number of para-hydroxylation sites is 1. The van der Waals surface area contributed by atoms with Crippen LogP contribution in [0.5, 0.6) is 5.75 Å². The van der Waals surface area contributed by atoms with Gasteiger partial charge in [0.05, 0.1) is 30.4 Å². The van der Waals surface area contributed by atoms with Gasteiger partial charge < -0.3 is 29.7 Å². The molecule has 3 aromatic rings. The van der Waals surface area contributed by atoms with Gasteiger partial charge in [0.1, 0.15) is 9.96 Å². The minimum Gasteiger partial charge on any atom is -0.490 e. The fourth-order valence-electron chi connectivity index (χ4n) is 5.16. The van der Waals surface area contributed by atoms with Crippen molar-refractivity contribution in [1.29, 1.82) is 0 Å². The molecule has 0 saturated carbocycles. The van der Waals surface area contributed by atoms with Crippen molar-refractivity contribution in [3.63, 3.8) is 0 Å². The second-order valence-corrected chi connectivity index (χ2v) is 14.6. The standard InChI is InChI=1S/C33H44N4O7S2/c1-23-20-37(24(2)22-38)32(39)28-19-27(35-46(41,42)31-14-10-18-45-31)15-16-29(28)44-25(3)11-8-9-17-43-30(23)21-36(4)33(40)34-26-12-6-5-7-13-26/h5-7,10,12-16,18-19,23-25,30,35,38H,8-9,11,17,20-22H2,1-4H3,(H,34,40)/t23-,24-,25+,30+/m0/s1. The summed E-state index contributed by atoms with van der Waals surface area (Å²) in [6.07, 6.45) is 1.67. The highest BCUT2D eigenvalue weighted by Crippen LogP contribution is 2.30. The lowest BCUT2D eigenvalue weighted by atomic mass is 10.0. The summed E-state index contributed by atoms with van der Waals surface area (Å²) >= 11 is 1.09. The molecule has 0 fully saturated rings. The van der Waals surface area contributed by atoms with Gasteiger partial charge in [-0.1, -0.05) is 31.2 Å². The number of aliphatic hydroxyl groups excluding tert-OH is 1. The number of carbonyl (C=O) groups is 2. The largest absolute Gasteiger partial charge is 0.490 e. The number of likely N-dealkylation sites (N-methyl/N-ethyl adjacent to an activating group) is 1. The molecular weight excluding hydrogens is 629 g/mol. The summed E-state index contributed by atoms with van der Waals surface area (Å²) in [7, 11) is -2.15. The summed E-state index contributed by atoms with van der Waals surface area (Å²) in [5.74, 6) is -0.322. The number of hydrogen-bond acceptors (Lipinski definition) is 8. The molecule has 11 nitrogen and oxygen atoms in total. The van der Waals surface area contributed by atoms with E-state index in [1.807, 2.05) is 44.2 Å². The van der Waals surface area contributed by atoms with E-state index in [-0.39, 0.29) is 53.2 Å². The molecule has 3 N–H and O–H groups in total. The average molecular weight is 673 g/mol. The maximum absolute atomic E-state index is 14.3. The summed E-state index contributed by atoms with van der Waals surface area (Å²) in [6, 6.07) is 16.2. The Balaban J connectivity index is 1.62. The first kappa shape index (κ1) is 35.2. The topological polar surface area (TPSA) is 138 Å². The van der Waals surface area contributed by atoms with Crippen molar-refractivity contribution in [3.05, 3.63) is 71.6 Å². The van der Waals surface area contributed by atoms with Crippen molar-refractivity contribution in [2.45, 2.75) is 62.5 Å². The van der Waals surface area contributed by atoms with Gasteiger partial charge in [0, 0.05) is 44.0 Å². The molecule has 1 aliphatic heterocycles. The molecule has 4 atom stereocenters. The van der Waals surface area contributed by atoms with Crippen molar-refractivity contribution in [2.24, 2.45) is 5.92 Å². The van der Waals surface area contributed by atoms with E-state index in [0.29, 0.717) is 24.5 Å². The van der Waals surface area contributed by atoms with Gasteiger partial charge in [-0.25, -0.2) is 13.2 Å². The van der Waals surface area contributed by atoms with Gasteiger partial charge in [0.25, 0.3) is 15.9 Å². The van der Waals surface area contributed by atoms with Crippen molar-refractivity contribution in [2.75, 3.05) is 43.4 Å². The quantitative estimate of drug-likeness (QED) is 0.287. The van der Waals surface area contributed by atoms with E-state index in [4.69, 9.17) is 9.47 Å². The predicted octanol–water partition coefficient (Wildman–Crippen LogP) is 5.51. The lowest BCUT2D eigenvalue weighted by molar-refractivity contribution is -0.0115. The van der Waals surface area contributed by atoms with Crippen LogP contribution in [0.4, 0.5) is 16.2 Å². The minimum atomic E-state index is -3.85. The van der Waals surface area contributed by atoms with E-state index in [1.54, 1.807) is 47.4 Å². The molecule has 13 heteroatoms. The van der Waals surface area contributed by atoms with Crippen LogP contribution in [-0.4, -0.2) is 86.9 Å². The van der Waals surface area contributed by atoms with Gasteiger partial charge in [-0.3, -0.25) is 9.52 Å². The highest BCUT2D eigenvalue weighted by Gasteiger charge is 2.31. The molecule has 1 aromatic heterocycles. The molecule has 0 radical (unpaired) electrons. The smallest absolute Gasteiger partial charge is 0.321 e. The number of thiophene rings is 1. The van der Waals surface area contributed by atoms with Crippen LogP contribution in [-0.2, 0) is 14.8 Å². The lowest BCUT2D eigenvalue weighted by Crippen LogP contribution is -2.48. The third kappa shape index (κ3) is 9.44. The predicted molar refractivity (Wildman–Crippen MR) is 180 cm³/mol. The molecule has 0 saturated heterocycles. The number of nitrogens with one attached hydrogen (secondary N) is 2. The van der Waals surface area contributed by atoms with Crippen molar-refractivity contribution in [1.82, 2.24) is 9.80 Å². The second-order valence-electron chi connectivity index (χ2n) is 11.7. The van der Waals surface area contributed by atoms with Crippen LogP contribution in [0.2, 0.25) is 0 Å². The zero-order chi connectivity index (χ0) is 33.3. The molecule has 3 amide bonds. The first-order valence-electron chi connectivity index (χ1n) is 15.5. The van der Waals surface area contributed by atoms with Gasteiger partial charge in [0.15, 0.2) is 0 Å². The number of carbonyl (C=O) groups excluding carboxylic acids is 2. The van der Waals surface area contributed by atoms with Gasteiger partial charge in [-0.05, 0) is 74.9 Å². The number of rotatable bonds is 8. The molecule has 250 valence electrons. The number of aliphatic hydroxyl groups is 1. The third-order valence-corrected chi connectivity index (χ3v) is 10.7. The maximum Gasteiger partial charge on any atom is 0.321 e. The number of hydrogen-bond donors (Lipinski definition) is 3. The third-order valence-electron chi connectivity index (χ3n) is 7.89. The number of sulfonamides is 1. The lowest BCUT2D eigenvalue weighted by Gasteiger charge is -2.35. The Morgan fingerprint density at radius 3 is 2.57 bits per heavy atom. The summed E-state index contributed by atoms with van der Waals surface area (Å²) in [5, 5.41) is 14.7. The van der Waals surface area contributed by atoms with Crippen LogP contribution in [0.15, 0.2) is 70.3 Å². The van der Waals surface area contributed by atoms with E-state index in [1.165, 1.54) is 12.1 Å². The minimum absolute atomic E-state index is 0.154. The monoisotopic (exact) mass is 672 g/mol. The van der Waals surface area contributed by atoms with Crippen LogP contribution in [0.25, 0.3) is 0 Å². The van der Waals surface area contributed by atoms with Crippen LogP contribution in [0, 0.1) is 5.92 Å². The zero-order valence-electron chi connectivity index (χ0n) is 26.7. The Bertz CT molecular complexity index is 1540. The molecule has 0 unspecified atom stereocenters. The van der Waals surface area contributed by atoms with Crippen molar-refractivity contribution >= 4 is 44.7 Å². The van der Waals surface area contributed by atoms with Crippen molar-refractivity contribution in [3.8, 4) is 5.75 Å². The Morgan fingerprint density at radius 1 is 1.11 bits per heavy atom. The number of urea groups is 1. The Kier molecular flexibility index (Phi) is 12.4. The van der Waals surface area contributed by atoms with E-state index < -0.39 is 28.1 Å². The fourth-order valence-corrected chi connectivity index (χ4v) is 7.21. The molecule has 2 aromatic carbocycles. The summed E-state index contributed by atoms with van der Waals surface area (Å²) < 4.78 is 41.2. The molecule has 4 rings (SSSR count). The van der Waals surface area contributed by atoms with Gasteiger partial charge >= 0.3 is 6.03 Å². The highest BCUT2D eigenvalue weighted by atomic mass is 32.2. The van der Waals surface area contributed by atoms with Crippen LogP contribution >= 0.6 is 11.3 Å². The van der Waals surface area contributed by atoms with Gasteiger partial charge in [-0.2, -0.15) is 0 Å². The van der Waals surface area contributed by atoms with E-state index in [9.17, 15) is 23.1 Å². The van der Waals surface area contributed by atoms with E-state index in [0.717, 1.165) is 24.2 Å². The van der Waals surface area contributed by atoms with Crippen LogP contribution < -0.4 is 14.8 Å². The molecule has 0 spiro atoms. The van der Waals surface area contributed by atoms with Gasteiger partial charge in [-0.15, -0.1) is 11.3 Å². The molecule has 0 bridgehead atoms. The van der Waals surface area contributed by atoms with E-state index >= 15 is 0 Å². The number of benzene rings is 2. The normalized spacial score (nSPS) is 20.5. The number of ether oxygens (including phenoxy) is 2. The van der Waals surface area contributed by atoms with Crippen molar-refractivity contribution < 1.29 is 32.6 Å². The van der Waals surface area contributed by atoms with Gasteiger partial charge in [0.2, 0.25) is 0 Å². The zero-order valence-corrected chi connectivity index (χ0v) is 28.4. The summed E-state index contributed by atoms with van der Waals surface area (Å²) in [5.41, 5.74) is 1.08. The Hall–Kier alpha value is -3.65. The highest BCUT2D eigenvalue weighted by molar-refractivity contribution is 7.94. The second kappa shape index (κ2) is 16.3. The fraction of sp³-hybridized carbons (Fsp3) is 0.455.